The van der Waals surface area contributed by atoms with Crippen molar-refractivity contribution in [1.82, 2.24) is 5.48 Å². The molecule has 108 valence electrons. The molecule has 3 nitrogen and oxygen atoms in total. The van der Waals surface area contributed by atoms with Crippen LogP contribution in [0.3, 0.4) is 0 Å². The highest BCUT2D eigenvalue weighted by atomic mass is 35.5. The largest absolute Gasteiger partial charge is 0.399 e. The van der Waals surface area contributed by atoms with E-state index in [2.05, 4.69) is 5.48 Å². The van der Waals surface area contributed by atoms with Crippen LogP contribution in [-0.4, -0.2) is 0 Å². The maximum Gasteiger partial charge on any atom is 0.0996 e. The van der Waals surface area contributed by atoms with Crippen molar-refractivity contribution in [2.45, 2.75) is 19.4 Å². The Bertz CT molecular complexity index is 641. The topological polar surface area (TPSA) is 47.3 Å². The van der Waals surface area contributed by atoms with Crippen LogP contribution in [0.1, 0.15) is 24.0 Å². The van der Waals surface area contributed by atoms with Crippen molar-refractivity contribution < 1.29 is 4.84 Å². The van der Waals surface area contributed by atoms with E-state index in [1.165, 1.54) is 5.57 Å². The molecule has 0 spiro atoms. The molecule has 2 aromatic rings. The Kier molecular flexibility index (Phi) is 4.13. The summed E-state index contributed by atoms with van der Waals surface area (Å²) < 4.78 is 0. The molecule has 0 amide bonds. The molecule has 0 aliphatic heterocycles. The van der Waals surface area contributed by atoms with Gasteiger partial charge in [-0.15, -0.1) is 0 Å². The summed E-state index contributed by atoms with van der Waals surface area (Å²) in [4.78, 5) is 5.63. The molecule has 2 aromatic carbocycles. The lowest BCUT2D eigenvalue weighted by molar-refractivity contribution is 0.0644. The lowest BCUT2D eigenvalue weighted by Crippen LogP contribution is -2.13. The molecule has 1 aliphatic rings. The van der Waals surface area contributed by atoms with Crippen molar-refractivity contribution in [1.29, 1.82) is 0 Å². The number of benzene rings is 2. The first-order chi connectivity index (χ1) is 10.2. The standard InChI is InChI=1S/C17H17ClN2O/c18-15-7-5-14(6-8-15)17(13-3-4-13)20-21-11-12-1-9-16(19)10-2-12/h1-2,5-10,20H,3-4,11,19H2. The van der Waals surface area contributed by atoms with Gasteiger partial charge in [-0.25, -0.2) is 0 Å². The van der Waals surface area contributed by atoms with Gasteiger partial charge in [-0.2, -0.15) is 0 Å². The van der Waals surface area contributed by atoms with Crippen LogP contribution in [-0.2, 0) is 11.4 Å². The summed E-state index contributed by atoms with van der Waals surface area (Å²) in [6.07, 6.45) is 2.24. The zero-order chi connectivity index (χ0) is 14.7. The van der Waals surface area contributed by atoms with Gasteiger partial charge in [-0.3, -0.25) is 10.3 Å². The van der Waals surface area contributed by atoms with Gasteiger partial charge < -0.3 is 5.73 Å². The number of hydroxylamine groups is 1. The fraction of sp³-hybridized carbons (Fsp3) is 0.176. The van der Waals surface area contributed by atoms with Crippen molar-refractivity contribution in [3.63, 3.8) is 0 Å². The Hall–Kier alpha value is -1.97. The average molecular weight is 301 g/mol. The van der Waals surface area contributed by atoms with Crippen LogP contribution in [0.4, 0.5) is 5.69 Å². The second-order valence-electron chi connectivity index (χ2n) is 5.12. The number of nitrogen functional groups attached to an aromatic ring is 1. The third kappa shape index (κ3) is 3.78. The van der Waals surface area contributed by atoms with E-state index in [-0.39, 0.29) is 0 Å². The van der Waals surface area contributed by atoms with Crippen LogP contribution >= 0.6 is 11.6 Å². The Balaban J connectivity index is 1.63. The van der Waals surface area contributed by atoms with E-state index in [9.17, 15) is 0 Å². The first kappa shape index (κ1) is 14.0. The second-order valence-corrected chi connectivity index (χ2v) is 5.55. The molecule has 1 fully saturated rings. The number of hydrogen-bond donors (Lipinski definition) is 2. The maximum absolute atomic E-state index is 5.93. The second kappa shape index (κ2) is 6.20. The van der Waals surface area contributed by atoms with E-state index in [0.717, 1.165) is 40.4 Å². The first-order valence-electron chi connectivity index (χ1n) is 6.92. The van der Waals surface area contributed by atoms with Crippen LogP contribution in [0, 0.1) is 0 Å². The van der Waals surface area contributed by atoms with Gasteiger partial charge in [0.15, 0.2) is 0 Å². The summed E-state index contributed by atoms with van der Waals surface area (Å²) >= 11 is 5.93. The normalized spacial score (nSPS) is 13.1. The molecule has 0 aromatic heterocycles. The van der Waals surface area contributed by atoms with Gasteiger partial charge in [0.05, 0.1) is 12.3 Å². The van der Waals surface area contributed by atoms with Crippen molar-refractivity contribution in [2.24, 2.45) is 0 Å². The molecule has 0 radical (unpaired) electrons. The molecule has 3 N–H and O–H groups in total. The van der Waals surface area contributed by atoms with E-state index in [0.29, 0.717) is 6.61 Å². The van der Waals surface area contributed by atoms with E-state index < -0.39 is 0 Å². The molecule has 0 heterocycles. The van der Waals surface area contributed by atoms with Crippen LogP contribution in [0.15, 0.2) is 54.1 Å². The fourth-order valence-corrected chi connectivity index (χ4v) is 2.20. The molecule has 1 saturated carbocycles. The van der Waals surface area contributed by atoms with Gasteiger partial charge in [0.1, 0.15) is 0 Å². The third-order valence-electron chi connectivity index (χ3n) is 3.38. The summed E-state index contributed by atoms with van der Waals surface area (Å²) in [5.41, 5.74) is 14.1. The zero-order valence-electron chi connectivity index (χ0n) is 11.6. The van der Waals surface area contributed by atoms with Gasteiger partial charge in [-0.05, 0) is 53.8 Å². The first-order valence-corrected chi connectivity index (χ1v) is 7.30. The SMILES string of the molecule is Nc1ccc(CONC(=C2CC2)c2ccc(Cl)cc2)cc1. The van der Waals surface area contributed by atoms with Crippen molar-refractivity contribution in [2.75, 3.05) is 5.73 Å². The monoisotopic (exact) mass is 300 g/mol. The number of rotatable bonds is 5. The molecular formula is C17H17ClN2O. The molecular weight excluding hydrogens is 284 g/mol. The van der Waals surface area contributed by atoms with E-state index in [4.69, 9.17) is 22.2 Å². The highest BCUT2D eigenvalue weighted by Crippen LogP contribution is 2.35. The van der Waals surface area contributed by atoms with Crippen LogP contribution in [0.5, 0.6) is 0 Å². The predicted molar refractivity (Wildman–Crippen MR) is 86.4 cm³/mol. The van der Waals surface area contributed by atoms with Gasteiger partial charge in [0.25, 0.3) is 0 Å². The predicted octanol–water partition coefficient (Wildman–Crippen LogP) is 4.15. The van der Waals surface area contributed by atoms with Gasteiger partial charge in [0, 0.05) is 10.7 Å². The molecule has 1 aliphatic carbocycles. The molecule has 0 unspecified atom stereocenters. The number of halogens is 1. The maximum atomic E-state index is 5.93. The van der Waals surface area contributed by atoms with Crippen molar-refractivity contribution in [3.05, 3.63) is 70.3 Å². The minimum atomic E-state index is 0.491. The molecule has 0 bridgehead atoms. The quantitative estimate of drug-likeness (QED) is 0.644. The molecule has 21 heavy (non-hydrogen) atoms. The molecule has 4 heteroatoms. The molecule has 3 rings (SSSR count). The lowest BCUT2D eigenvalue weighted by Gasteiger charge is -2.12. The zero-order valence-corrected chi connectivity index (χ0v) is 12.4. The van der Waals surface area contributed by atoms with Gasteiger partial charge in [-0.1, -0.05) is 35.9 Å². The summed E-state index contributed by atoms with van der Waals surface area (Å²) in [6, 6.07) is 15.5. The third-order valence-corrected chi connectivity index (χ3v) is 3.63. The average Bonchev–Trinajstić information content (AvgIpc) is 3.31. The van der Waals surface area contributed by atoms with Crippen LogP contribution in [0.25, 0.3) is 5.70 Å². The Morgan fingerprint density at radius 3 is 2.33 bits per heavy atom. The Morgan fingerprint density at radius 2 is 1.71 bits per heavy atom. The molecule has 0 saturated heterocycles. The minimum absolute atomic E-state index is 0.491. The van der Waals surface area contributed by atoms with E-state index in [1.54, 1.807) is 0 Å². The summed E-state index contributed by atoms with van der Waals surface area (Å²) in [5, 5.41) is 0.738. The van der Waals surface area contributed by atoms with Crippen LogP contribution in [0.2, 0.25) is 5.02 Å². The Morgan fingerprint density at radius 1 is 1.05 bits per heavy atom. The highest BCUT2D eigenvalue weighted by Gasteiger charge is 2.19. The Labute approximate surface area is 129 Å². The number of allylic oxidation sites excluding steroid dienone is 1. The van der Waals surface area contributed by atoms with Gasteiger partial charge in [0.2, 0.25) is 0 Å². The van der Waals surface area contributed by atoms with Crippen molar-refractivity contribution in [3.8, 4) is 0 Å². The summed E-state index contributed by atoms with van der Waals surface area (Å²) in [5.74, 6) is 0. The number of hydrogen-bond acceptors (Lipinski definition) is 3. The van der Waals surface area contributed by atoms with Gasteiger partial charge >= 0.3 is 0 Å². The van der Waals surface area contributed by atoms with E-state index in [1.807, 2.05) is 48.5 Å². The summed E-state index contributed by atoms with van der Waals surface area (Å²) in [7, 11) is 0. The van der Waals surface area contributed by atoms with Crippen molar-refractivity contribution >= 4 is 23.0 Å². The number of anilines is 1. The fourth-order valence-electron chi connectivity index (χ4n) is 2.07. The van der Waals surface area contributed by atoms with E-state index >= 15 is 0 Å². The summed E-state index contributed by atoms with van der Waals surface area (Å²) in [6.45, 7) is 0.491. The number of nitrogens with one attached hydrogen (secondary N) is 1. The van der Waals surface area contributed by atoms with Crippen LogP contribution < -0.4 is 11.2 Å². The smallest absolute Gasteiger partial charge is 0.0996 e. The lowest BCUT2D eigenvalue weighted by atomic mass is 10.1. The minimum Gasteiger partial charge on any atom is -0.399 e. The highest BCUT2D eigenvalue weighted by molar-refractivity contribution is 6.30. The number of nitrogens with two attached hydrogens (primary N) is 1. The molecule has 0 atom stereocenters.